The summed E-state index contributed by atoms with van der Waals surface area (Å²) in [5.41, 5.74) is 0.181. The molecule has 4 unspecified atom stereocenters. The molecule has 2 saturated heterocycles. The molecule has 0 aromatic carbocycles. The third kappa shape index (κ3) is 8.44. The quantitative estimate of drug-likeness (QED) is 0.301. The maximum absolute atomic E-state index is 12.1. The highest BCUT2D eigenvalue weighted by Gasteiger charge is 2.42. The third-order valence-corrected chi connectivity index (χ3v) is 6.98. The Labute approximate surface area is 179 Å². The van der Waals surface area contributed by atoms with E-state index in [1.165, 1.54) is 0 Å². The van der Waals surface area contributed by atoms with Gasteiger partial charge in [0.05, 0.1) is 12.1 Å². The number of fused-ring (bicyclic) bond motifs is 1. The van der Waals surface area contributed by atoms with Crippen LogP contribution >= 0.6 is 11.8 Å². The van der Waals surface area contributed by atoms with Crippen molar-refractivity contribution in [1.29, 1.82) is 0 Å². The number of carbonyl (C=O) groups excluding carboxylic acids is 3. The second-order valence-corrected chi connectivity index (χ2v) is 10.7. The minimum atomic E-state index is -0.0580. The first-order valence-corrected chi connectivity index (χ1v) is 12.0. The largest absolute Gasteiger partial charge is 0.356 e. The van der Waals surface area contributed by atoms with Gasteiger partial charge in [0.1, 0.15) is 0 Å². The molecule has 0 radical (unpaired) electrons. The van der Waals surface area contributed by atoms with Gasteiger partial charge in [0.15, 0.2) is 0 Å². The zero-order valence-electron chi connectivity index (χ0n) is 18.3. The van der Waals surface area contributed by atoms with E-state index >= 15 is 0 Å². The topological polar surface area (TPSA) is 99.3 Å². The van der Waals surface area contributed by atoms with Gasteiger partial charge in [-0.15, -0.1) is 0 Å². The fraction of sp³-hybridized carbons (Fsp3) is 0.857. The molecule has 0 bridgehead atoms. The average molecular weight is 427 g/mol. The first kappa shape index (κ1) is 23.8. The van der Waals surface area contributed by atoms with Gasteiger partial charge in [-0.3, -0.25) is 9.59 Å². The molecule has 2 aliphatic rings. The molecule has 166 valence electrons. The van der Waals surface area contributed by atoms with Gasteiger partial charge in [-0.05, 0) is 31.1 Å². The average Bonchev–Trinajstić information content (AvgIpc) is 3.16. The summed E-state index contributed by atoms with van der Waals surface area (Å²) in [4.78, 5) is 35.5. The molecule has 2 fully saturated rings. The van der Waals surface area contributed by atoms with E-state index in [0.717, 1.165) is 37.9 Å². The lowest BCUT2D eigenvalue weighted by molar-refractivity contribution is -0.122. The SMILES string of the molecule is CCC(CC(C)(C)C)NC(=O)CCNC(=O)CCCCC1SCC2NC(=O)NC21. The van der Waals surface area contributed by atoms with Crippen LogP contribution in [0.15, 0.2) is 0 Å². The van der Waals surface area contributed by atoms with Crippen molar-refractivity contribution in [2.45, 2.75) is 96.0 Å². The summed E-state index contributed by atoms with van der Waals surface area (Å²) < 4.78 is 0. The minimum Gasteiger partial charge on any atom is -0.356 e. The molecule has 2 rings (SSSR count). The summed E-state index contributed by atoms with van der Waals surface area (Å²) in [7, 11) is 0. The summed E-state index contributed by atoms with van der Waals surface area (Å²) in [5, 5.41) is 12.3. The van der Waals surface area contributed by atoms with E-state index in [2.05, 4.69) is 49.0 Å². The molecule has 4 N–H and O–H groups in total. The fourth-order valence-corrected chi connectivity index (χ4v) is 5.56. The molecule has 2 aliphatic heterocycles. The van der Waals surface area contributed by atoms with E-state index in [1.54, 1.807) is 0 Å². The molecule has 0 aromatic heterocycles. The molecule has 8 heteroatoms. The van der Waals surface area contributed by atoms with E-state index in [4.69, 9.17) is 0 Å². The standard InChI is InChI=1S/C21H38N4O3S/c1-5-14(12-21(2,3)4)23-18(27)10-11-22-17(26)9-7-6-8-16-19-15(13-29-16)24-20(28)25-19/h14-16,19H,5-13H2,1-4H3,(H,22,26)(H,23,27)(H2,24,25,28). The second kappa shape index (κ2) is 11.1. The van der Waals surface area contributed by atoms with Crippen LogP contribution in [0, 0.1) is 5.41 Å². The normalized spacial score (nSPS) is 24.4. The Morgan fingerprint density at radius 3 is 2.62 bits per heavy atom. The number of nitrogens with one attached hydrogen (secondary N) is 4. The van der Waals surface area contributed by atoms with E-state index in [-0.39, 0.29) is 41.4 Å². The van der Waals surface area contributed by atoms with Crippen molar-refractivity contribution in [3.63, 3.8) is 0 Å². The number of amides is 4. The first-order valence-electron chi connectivity index (χ1n) is 10.9. The minimum absolute atomic E-state index is 0.00133. The van der Waals surface area contributed by atoms with Crippen molar-refractivity contribution in [1.82, 2.24) is 21.3 Å². The number of rotatable bonds is 11. The molecule has 0 aliphatic carbocycles. The summed E-state index contributed by atoms with van der Waals surface area (Å²) >= 11 is 1.90. The second-order valence-electron chi connectivity index (χ2n) is 9.41. The van der Waals surface area contributed by atoms with Crippen LogP contribution in [0.1, 0.15) is 72.6 Å². The lowest BCUT2D eigenvalue weighted by Crippen LogP contribution is -2.38. The molecular formula is C21H38N4O3S. The van der Waals surface area contributed by atoms with E-state index in [9.17, 15) is 14.4 Å². The van der Waals surface area contributed by atoms with Gasteiger partial charge >= 0.3 is 6.03 Å². The summed E-state index contributed by atoms with van der Waals surface area (Å²) in [5.74, 6) is 0.972. The highest BCUT2D eigenvalue weighted by molar-refractivity contribution is 8.00. The Bertz CT molecular complexity index is 579. The van der Waals surface area contributed by atoms with Gasteiger partial charge in [0.25, 0.3) is 0 Å². The monoisotopic (exact) mass is 426 g/mol. The maximum atomic E-state index is 12.1. The maximum Gasteiger partial charge on any atom is 0.315 e. The van der Waals surface area contributed by atoms with Gasteiger partial charge in [-0.2, -0.15) is 11.8 Å². The number of thioether (sulfide) groups is 1. The van der Waals surface area contributed by atoms with Gasteiger partial charge in [-0.25, -0.2) is 4.79 Å². The predicted octanol–water partition coefficient (Wildman–Crippen LogP) is 2.55. The van der Waals surface area contributed by atoms with Gasteiger partial charge in [0.2, 0.25) is 11.8 Å². The van der Waals surface area contributed by atoms with Gasteiger partial charge in [-0.1, -0.05) is 34.1 Å². The molecule has 0 spiro atoms. The van der Waals surface area contributed by atoms with Crippen LogP contribution < -0.4 is 21.3 Å². The molecule has 0 saturated carbocycles. The van der Waals surface area contributed by atoms with Gasteiger partial charge < -0.3 is 21.3 Å². The van der Waals surface area contributed by atoms with Gasteiger partial charge in [0, 0.05) is 36.4 Å². The number of urea groups is 1. The lowest BCUT2D eigenvalue weighted by Gasteiger charge is -2.26. The highest BCUT2D eigenvalue weighted by atomic mass is 32.2. The van der Waals surface area contributed by atoms with Crippen molar-refractivity contribution < 1.29 is 14.4 Å². The predicted molar refractivity (Wildman–Crippen MR) is 118 cm³/mol. The van der Waals surface area contributed by atoms with Crippen molar-refractivity contribution in [3.05, 3.63) is 0 Å². The van der Waals surface area contributed by atoms with Crippen molar-refractivity contribution in [2.75, 3.05) is 12.3 Å². The Hall–Kier alpha value is -1.44. The third-order valence-electron chi connectivity index (χ3n) is 5.47. The Balaban J connectivity index is 1.52. The van der Waals surface area contributed by atoms with Crippen molar-refractivity contribution >= 4 is 29.6 Å². The number of unbranched alkanes of at least 4 members (excludes halogenated alkanes) is 1. The molecule has 0 aromatic rings. The van der Waals surface area contributed by atoms with Crippen LogP contribution in [0.2, 0.25) is 0 Å². The van der Waals surface area contributed by atoms with Crippen molar-refractivity contribution in [3.8, 4) is 0 Å². The molecule has 2 heterocycles. The zero-order chi connectivity index (χ0) is 21.4. The summed E-state index contributed by atoms with van der Waals surface area (Å²) in [6, 6.07) is 0.608. The molecule has 4 atom stereocenters. The lowest BCUT2D eigenvalue weighted by atomic mass is 9.87. The van der Waals surface area contributed by atoms with E-state index in [0.29, 0.717) is 24.6 Å². The van der Waals surface area contributed by atoms with E-state index < -0.39 is 0 Å². The molecular weight excluding hydrogens is 388 g/mol. The highest BCUT2D eigenvalue weighted by Crippen LogP contribution is 2.33. The van der Waals surface area contributed by atoms with Crippen LogP contribution in [-0.4, -0.2) is 53.5 Å². The molecule has 29 heavy (non-hydrogen) atoms. The van der Waals surface area contributed by atoms with Crippen LogP contribution in [0.5, 0.6) is 0 Å². The number of hydrogen-bond acceptors (Lipinski definition) is 4. The van der Waals surface area contributed by atoms with Crippen molar-refractivity contribution in [2.24, 2.45) is 5.41 Å². The smallest absolute Gasteiger partial charge is 0.315 e. The Kier molecular flexibility index (Phi) is 9.11. The number of hydrogen-bond donors (Lipinski definition) is 4. The Morgan fingerprint density at radius 1 is 1.17 bits per heavy atom. The van der Waals surface area contributed by atoms with Crippen LogP contribution in [0.25, 0.3) is 0 Å². The first-order chi connectivity index (χ1) is 13.7. The molecule has 4 amide bonds. The van der Waals surface area contributed by atoms with E-state index in [1.807, 2.05) is 11.8 Å². The summed E-state index contributed by atoms with van der Waals surface area (Å²) in [6.07, 6.45) is 5.47. The van der Waals surface area contributed by atoms with Crippen LogP contribution in [0.3, 0.4) is 0 Å². The molecule has 7 nitrogen and oxygen atoms in total. The van der Waals surface area contributed by atoms with Crippen LogP contribution in [-0.2, 0) is 9.59 Å². The zero-order valence-corrected chi connectivity index (χ0v) is 19.1. The van der Waals surface area contributed by atoms with Crippen LogP contribution in [0.4, 0.5) is 4.79 Å². The summed E-state index contributed by atoms with van der Waals surface area (Å²) in [6.45, 7) is 8.99. The Morgan fingerprint density at radius 2 is 1.93 bits per heavy atom. The fourth-order valence-electron chi connectivity index (χ4n) is 4.01. The number of carbonyl (C=O) groups is 3.